The van der Waals surface area contributed by atoms with E-state index in [0.29, 0.717) is 29.4 Å². The molecule has 0 radical (unpaired) electrons. The van der Waals surface area contributed by atoms with E-state index in [4.69, 9.17) is 18.9 Å². The van der Waals surface area contributed by atoms with Crippen molar-refractivity contribution in [2.45, 2.75) is 13.2 Å². The summed E-state index contributed by atoms with van der Waals surface area (Å²) in [5.41, 5.74) is 2.19. The molecule has 7 heteroatoms. The van der Waals surface area contributed by atoms with E-state index in [1.54, 1.807) is 36.4 Å². The Balaban J connectivity index is 1.24. The van der Waals surface area contributed by atoms with Gasteiger partial charge in [0.2, 0.25) is 6.79 Å². The number of amides is 1. The zero-order chi connectivity index (χ0) is 21.5. The minimum atomic E-state index is -0.594. The summed E-state index contributed by atoms with van der Waals surface area (Å²) in [6, 6.07) is 21.8. The summed E-state index contributed by atoms with van der Waals surface area (Å²) in [5, 5.41) is 2.71. The molecule has 1 aliphatic rings. The zero-order valence-corrected chi connectivity index (χ0v) is 16.7. The van der Waals surface area contributed by atoms with E-state index in [0.717, 1.165) is 11.1 Å². The van der Waals surface area contributed by atoms with Gasteiger partial charge in [0.1, 0.15) is 12.4 Å². The lowest BCUT2D eigenvalue weighted by atomic mass is 10.2. The molecule has 3 aromatic carbocycles. The highest BCUT2D eigenvalue weighted by atomic mass is 16.7. The molecule has 0 atom stereocenters. The monoisotopic (exact) mass is 419 g/mol. The first kappa shape index (κ1) is 20.3. The van der Waals surface area contributed by atoms with Gasteiger partial charge < -0.3 is 24.3 Å². The summed E-state index contributed by atoms with van der Waals surface area (Å²) in [6.07, 6.45) is 0. The highest BCUT2D eigenvalue weighted by molar-refractivity contribution is 5.91. The number of rotatable bonds is 8. The van der Waals surface area contributed by atoms with Crippen LogP contribution >= 0.6 is 0 Å². The van der Waals surface area contributed by atoms with Crippen molar-refractivity contribution < 1.29 is 28.5 Å². The Kier molecular flexibility index (Phi) is 6.32. The fourth-order valence-electron chi connectivity index (χ4n) is 2.97. The standard InChI is InChI=1S/C24H21NO6/c26-23(25-13-18-9-10-21-22(11-18)31-16-30-21)15-29-24(27)19-7-4-8-20(12-19)28-14-17-5-2-1-3-6-17/h1-12H,13-16H2,(H,25,26). The molecule has 0 unspecified atom stereocenters. The van der Waals surface area contributed by atoms with Gasteiger partial charge >= 0.3 is 5.97 Å². The molecule has 0 fully saturated rings. The van der Waals surface area contributed by atoms with E-state index in [9.17, 15) is 9.59 Å². The first-order valence-corrected chi connectivity index (χ1v) is 9.76. The quantitative estimate of drug-likeness (QED) is 0.563. The Morgan fingerprint density at radius 2 is 1.71 bits per heavy atom. The van der Waals surface area contributed by atoms with Gasteiger partial charge in [-0.3, -0.25) is 4.79 Å². The smallest absolute Gasteiger partial charge is 0.338 e. The number of ether oxygens (including phenoxy) is 4. The molecule has 31 heavy (non-hydrogen) atoms. The van der Waals surface area contributed by atoms with Crippen LogP contribution in [0.3, 0.4) is 0 Å². The van der Waals surface area contributed by atoms with Crippen LogP contribution < -0.4 is 19.5 Å². The molecule has 0 saturated heterocycles. The molecule has 1 N–H and O–H groups in total. The molecule has 0 aliphatic carbocycles. The van der Waals surface area contributed by atoms with Gasteiger partial charge in [0.05, 0.1) is 5.56 Å². The van der Waals surface area contributed by atoms with Crippen molar-refractivity contribution in [2.75, 3.05) is 13.4 Å². The van der Waals surface area contributed by atoms with Crippen molar-refractivity contribution in [1.29, 1.82) is 0 Å². The predicted molar refractivity (Wildman–Crippen MR) is 112 cm³/mol. The van der Waals surface area contributed by atoms with E-state index in [1.807, 2.05) is 36.4 Å². The van der Waals surface area contributed by atoms with E-state index >= 15 is 0 Å². The van der Waals surface area contributed by atoms with Gasteiger partial charge in [0.25, 0.3) is 5.91 Å². The lowest BCUT2D eigenvalue weighted by Gasteiger charge is -2.09. The van der Waals surface area contributed by atoms with Crippen LogP contribution in [0.25, 0.3) is 0 Å². The summed E-state index contributed by atoms with van der Waals surface area (Å²) >= 11 is 0. The van der Waals surface area contributed by atoms with Crippen molar-refractivity contribution in [3.05, 3.63) is 89.5 Å². The molecule has 0 aromatic heterocycles. The number of fused-ring (bicyclic) bond motifs is 1. The van der Waals surface area contributed by atoms with Gasteiger partial charge in [-0.25, -0.2) is 4.79 Å². The van der Waals surface area contributed by atoms with Gasteiger partial charge in [-0.2, -0.15) is 0 Å². The Bertz CT molecular complexity index is 1070. The number of nitrogens with one attached hydrogen (secondary N) is 1. The van der Waals surface area contributed by atoms with E-state index < -0.39 is 11.9 Å². The van der Waals surface area contributed by atoms with Crippen LogP contribution in [0.2, 0.25) is 0 Å². The van der Waals surface area contributed by atoms with Gasteiger partial charge in [0, 0.05) is 6.54 Å². The molecule has 7 nitrogen and oxygen atoms in total. The van der Waals surface area contributed by atoms with E-state index in [1.165, 1.54) is 0 Å². The first-order valence-electron chi connectivity index (χ1n) is 9.76. The Morgan fingerprint density at radius 3 is 2.58 bits per heavy atom. The lowest BCUT2D eigenvalue weighted by molar-refractivity contribution is -0.124. The van der Waals surface area contributed by atoms with Crippen LogP contribution in [0.1, 0.15) is 21.5 Å². The summed E-state index contributed by atoms with van der Waals surface area (Å²) in [6.45, 7) is 0.496. The van der Waals surface area contributed by atoms with E-state index in [-0.39, 0.29) is 19.9 Å². The highest BCUT2D eigenvalue weighted by Gasteiger charge is 2.14. The van der Waals surface area contributed by atoms with Gasteiger partial charge in [-0.1, -0.05) is 42.5 Å². The third-order valence-corrected chi connectivity index (χ3v) is 4.58. The van der Waals surface area contributed by atoms with Gasteiger partial charge in [-0.05, 0) is 41.5 Å². The van der Waals surface area contributed by atoms with Crippen LogP contribution in [-0.2, 0) is 22.7 Å². The molecule has 0 bridgehead atoms. The maximum Gasteiger partial charge on any atom is 0.338 e. The van der Waals surface area contributed by atoms with Crippen molar-refractivity contribution in [1.82, 2.24) is 5.32 Å². The molecule has 3 aromatic rings. The van der Waals surface area contributed by atoms with Crippen molar-refractivity contribution in [3.63, 3.8) is 0 Å². The topological polar surface area (TPSA) is 83.1 Å². The average molecular weight is 419 g/mol. The van der Waals surface area contributed by atoms with E-state index in [2.05, 4.69) is 5.32 Å². The molecule has 1 heterocycles. The molecular weight excluding hydrogens is 398 g/mol. The maximum atomic E-state index is 12.3. The second-order valence-electron chi connectivity index (χ2n) is 6.84. The number of esters is 1. The third-order valence-electron chi connectivity index (χ3n) is 4.58. The third kappa shape index (κ3) is 5.54. The summed E-state index contributed by atoms with van der Waals surface area (Å²) in [5.74, 6) is 0.878. The Morgan fingerprint density at radius 1 is 0.871 bits per heavy atom. The van der Waals surface area contributed by atoms with Crippen LogP contribution in [0.4, 0.5) is 0 Å². The number of benzene rings is 3. The Labute approximate surface area is 179 Å². The van der Waals surface area contributed by atoms with Crippen LogP contribution in [0, 0.1) is 0 Å². The van der Waals surface area contributed by atoms with Crippen LogP contribution in [-0.4, -0.2) is 25.3 Å². The SMILES string of the molecule is O=C(COC(=O)c1cccc(OCc2ccccc2)c1)NCc1ccc2c(c1)OCO2. The minimum absolute atomic E-state index is 0.194. The molecular formula is C24H21NO6. The molecule has 0 saturated carbocycles. The predicted octanol–water partition coefficient (Wildman–Crippen LogP) is 3.47. The zero-order valence-electron chi connectivity index (χ0n) is 16.7. The second-order valence-corrected chi connectivity index (χ2v) is 6.84. The average Bonchev–Trinajstić information content (AvgIpc) is 3.28. The van der Waals surface area contributed by atoms with Crippen molar-refractivity contribution in [2.24, 2.45) is 0 Å². The summed E-state index contributed by atoms with van der Waals surface area (Å²) in [7, 11) is 0. The van der Waals surface area contributed by atoms with Crippen LogP contribution in [0.15, 0.2) is 72.8 Å². The number of hydrogen-bond acceptors (Lipinski definition) is 6. The first-order chi connectivity index (χ1) is 15.2. The largest absolute Gasteiger partial charge is 0.489 e. The molecule has 4 rings (SSSR count). The number of hydrogen-bond donors (Lipinski definition) is 1. The van der Waals surface area contributed by atoms with Gasteiger partial charge in [-0.15, -0.1) is 0 Å². The van der Waals surface area contributed by atoms with Crippen molar-refractivity contribution in [3.8, 4) is 17.2 Å². The molecule has 0 spiro atoms. The van der Waals surface area contributed by atoms with Crippen LogP contribution in [0.5, 0.6) is 17.2 Å². The van der Waals surface area contributed by atoms with Gasteiger partial charge in [0.15, 0.2) is 18.1 Å². The molecule has 158 valence electrons. The highest BCUT2D eigenvalue weighted by Crippen LogP contribution is 2.32. The normalized spacial score (nSPS) is 11.6. The fourth-order valence-corrected chi connectivity index (χ4v) is 2.97. The number of carbonyl (C=O) groups excluding carboxylic acids is 2. The second kappa shape index (κ2) is 9.67. The minimum Gasteiger partial charge on any atom is -0.489 e. The molecule has 1 amide bonds. The summed E-state index contributed by atoms with van der Waals surface area (Å²) < 4.78 is 21.4. The lowest BCUT2D eigenvalue weighted by Crippen LogP contribution is -2.28. The maximum absolute atomic E-state index is 12.3. The fraction of sp³-hybridized carbons (Fsp3) is 0.167. The molecule has 1 aliphatic heterocycles. The Hall–Kier alpha value is -4.00. The van der Waals surface area contributed by atoms with Crippen molar-refractivity contribution >= 4 is 11.9 Å². The number of carbonyl (C=O) groups is 2. The summed E-state index contributed by atoms with van der Waals surface area (Å²) in [4.78, 5) is 24.3.